The molecule has 0 bridgehead atoms. The summed E-state index contributed by atoms with van der Waals surface area (Å²) in [6, 6.07) is 23.8. The molecule has 0 aliphatic heterocycles. The third-order valence-corrected chi connectivity index (χ3v) is 5.70. The third-order valence-electron chi connectivity index (χ3n) is 5.70. The van der Waals surface area contributed by atoms with Gasteiger partial charge in [0.25, 0.3) is 0 Å². The Hall–Kier alpha value is -3.10. The molecule has 0 N–H and O–H groups in total. The second kappa shape index (κ2) is 7.38. The molecule has 0 radical (unpaired) electrons. The van der Waals surface area contributed by atoms with Gasteiger partial charge in [-0.3, -0.25) is 0 Å². The molecule has 3 aromatic carbocycles. The lowest BCUT2D eigenvalue weighted by Gasteiger charge is -2.11. The Morgan fingerprint density at radius 1 is 0.759 bits per heavy atom. The highest BCUT2D eigenvalue weighted by molar-refractivity contribution is 6.01. The van der Waals surface area contributed by atoms with Crippen LogP contribution in [0.15, 0.2) is 79.1 Å². The lowest BCUT2D eigenvalue weighted by Crippen LogP contribution is -3.00. The Kier molecular flexibility index (Phi) is 4.89. The molecule has 0 saturated carbocycles. The highest BCUT2D eigenvalue weighted by atomic mass is 35.5. The van der Waals surface area contributed by atoms with Crippen LogP contribution < -0.4 is 21.5 Å². The lowest BCUT2D eigenvalue weighted by molar-refractivity contribution is -0.509. The van der Waals surface area contributed by atoms with E-state index >= 15 is 0 Å². The quantitative estimate of drug-likeness (QED) is 0.253. The fraction of sp³-hybridized carbons (Fsp3) is 0.115. The average molecular weight is 400 g/mol. The molecule has 5 rings (SSSR count). The first kappa shape index (κ1) is 19.2. The predicted molar refractivity (Wildman–Crippen MR) is 116 cm³/mol. The fourth-order valence-electron chi connectivity index (χ4n) is 4.01. The Labute approximate surface area is 176 Å². The van der Waals surface area contributed by atoms with E-state index in [1.165, 1.54) is 38.2 Å². The van der Waals surface area contributed by atoms with Crippen molar-refractivity contribution in [1.29, 1.82) is 0 Å². The molecule has 0 spiro atoms. The van der Waals surface area contributed by atoms with Crippen molar-refractivity contribution in [3.05, 3.63) is 90.3 Å². The standard InChI is InChI=1S/C26H22NO.ClH/c1-17-11-21-13-25-23-15-24(19-7-5-4-6-8-19)26(28-3)14-20(23)9-10-27(25)16-22(21)12-18(17)2;/h4-16H,1-3H3;1H/q+1;/p-1. The van der Waals surface area contributed by atoms with E-state index in [2.05, 4.69) is 91.3 Å². The summed E-state index contributed by atoms with van der Waals surface area (Å²) in [5.41, 5.74) is 6.13. The van der Waals surface area contributed by atoms with Gasteiger partial charge in [0.15, 0.2) is 12.4 Å². The maximum absolute atomic E-state index is 5.71. The number of nitrogens with zero attached hydrogens (tertiary/aromatic N) is 1. The number of rotatable bonds is 2. The number of halogens is 1. The smallest absolute Gasteiger partial charge is 0.219 e. The van der Waals surface area contributed by atoms with E-state index in [4.69, 9.17) is 4.74 Å². The molecule has 144 valence electrons. The van der Waals surface area contributed by atoms with Crippen LogP contribution in [0.3, 0.4) is 0 Å². The van der Waals surface area contributed by atoms with Crippen molar-refractivity contribution < 1.29 is 21.5 Å². The van der Waals surface area contributed by atoms with Crippen LogP contribution in [0.1, 0.15) is 11.1 Å². The van der Waals surface area contributed by atoms with Gasteiger partial charge in [-0.05, 0) is 59.5 Å². The molecule has 2 heterocycles. The zero-order valence-corrected chi connectivity index (χ0v) is 17.5. The number of fused-ring (bicyclic) bond motifs is 4. The van der Waals surface area contributed by atoms with Gasteiger partial charge in [0.2, 0.25) is 5.52 Å². The average Bonchev–Trinajstić information content (AvgIpc) is 2.73. The Bertz CT molecular complexity index is 1360. The lowest BCUT2D eigenvalue weighted by atomic mass is 9.98. The molecule has 5 aromatic rings. The van der Waals surface area contributed by atoms with E-state index in [9.17, 15) is 0 Å². The molecule has 0 fully saturated rings. The Balaban J connectivity index is 0.00000205. The van der Waals surface area contributed by atoms with Gasteiger partial charge >= 0.3 is 0 Å². The molecule has 0 aliphatic rings. The van der Waals surface area contributed by atoms with Crippen LogP contribution in [0.4, 0.5) is 0 Å². The van der Waals surface area contributed by atoms with Gasteiger partial charge in [0.1, 0.15) is 5.75 Å². The van der Waals surface area contributed by atoms with Gasteiger partial charge in [-0.15, -0.1) is 0 Å². The summed E-state index contributed by atoms with van der Waals surface area (Å²) >= 11 is 0. The summed E-state index contributed by atoms with van der Waals surface area (Å²) in [6.07, 6.45) is 4.36. The maximum Gasteiger partial charge on any atom is 0.219 e. The first-order chi connectivity index (χ1) is 13.6. The molecule has 0 atom stereocenters. The minimum Gasteiger partial charge on any atom is -1.00 e. The number of hydrogen-bond acceptors (Lipinski definition) is 1. The first-order valence-electron chi connectivity index (χ1n) is 9.56. The minimum absolute atomic E-state index is 0. The normalized spacial score (nSPS) is 11.0. The zero-order chi connectivity index (χ0) is 19.3. The summed E-state index contributed by atoms with van der Waals surface area (Å²) in [4.78, 5) is 0. The van der Waals surface area contributed by atoms with Crippen LogP contribution in [-0.2, 0) is 0 Å². The van der Waals surface area contributed by atoms with Gasteiger partial charge in [0.05, 0.1) is 12.5 Å². The van der Waals surface area contributed by atoms with E-state index in [-0.39, 0.29) is 12.4 Å². The highest BCUT2D eigenvalue weighted by Crippen LogP contribution is 2.35. The van der Waals surface area contributed by atoms with Gasteiger partial charge in [-0.25, -0.2) is 0 Å². The number of benzene rings is 3. The van der Waals surface area contributed by atoms with E-state index in [0.717, 1.165) is 16.9 Å². The summed E-state index contributed by atoms with van der Waals surface area (Å²) in [7, 11) is 1.74. The molecule has 29 heavy (non-hydrogen) atoms. The van der Waals surface area contributed by atoms with Crippen molar-refractivity contribution in [2.24, 2.45) is 0 Å². The van der Waals surface area contributed by atoms with Crippen molar-refractivity contribution in [3.8, 4) is 16.9 Å². The molecular weight excluding hydrogens is 378 g/mol. The van der Waals surface area contributed by atoms with E-state index in [0.29, 0.717) is 0 Å². The van der Waals surface area contributed by atoms with Crippen LogP contribution in [0.2, 0.25) is 0 Å². The second-order valence-corrected chi connectivity index (χ2v) is 7.45. The SMILES string of the molecule is COc1cc2cc[n+]3cc4cc(C)c(C)cc4cc3c2cc1-c1ccccc1.[Cl-]. The number of aryl methyl sites for hydroxylation is 2. The van der Waals surface area contributed by atoms with Crippen LogP contribution >= 0.6 is 0 Å². The van der Waals surface area contributed by atoms with E-state index < -0.39 is 0 Å². The zero-order valence-electron chi connectivity index (χ0n) is 16.7. The summed E-state index contributed by atoms with van der Waals surface area (Å²) < 4.78 is 7.94. The van der Waals surface area contributed by atoms with Gasteiger partial charge < -0.3 is 17.1 Å². The molecule has 0 unspecified atom stereocenters. The van der Waals surface area contributed by atoms with Gasteiger partial charge in [-0.2, -0.15) is 4.40 Å². The molecule has 3 heteroatoms. The van der Waals surface area contributed by atoms with Crippen molar-refractivity contribution in [2.75, 3.05) is 7.11 Å². The van der Waals surface area contributed by atoms with Crippen LogP contribution in [0.5, 0.6) is 5.75 Å². The number of aromatic nitrogens is 1. The Morgan fingerprint density at radius 2 is 1.48 bits per heavy atom. The van der Waals surface area contributed by atoms with Crippen LogP contribution in [0.25, 0.3) is 38.2 Å². The summed E-state index contributed by atoms with van der Waals surface area (Å²) in [5, 5.41) is 4.94. The fourth-order valence-corrected chi connectivity index (χ4v) is 4.01. The van der Waals surface area contributed by atoms with Crippen molar-refractivity contribution in [2.45, 2.75) is 13.8 Å². The van der Waals surface area contributed by atoms with E-state index in [1.54, 1.807) is 7.11 Å². The van der Waals surface area contributed by atoms with Crippen molar-refractivity contribution in [1.82, 2.24) is 0 Å². The molecule has 0 amide bonds. The van der Waals surface area contributed by atoms with Crippen LogP contribution in [-0.4, -0.2) is 7.11 Å². The highest BCUT2D eigenvalue weighted by Gasteiger charge is 2.15. The topological polar surface area (TPSA) is 13.3 Å². The molecule has 2 nitrogen and oxygen atoms in total. The number of hydrogen-bond donors (Lipinski definition) is 0. The monoisotopic (exact) mass is 399 g/mol. The minimum atomic E-state index is 0. The molecule has 2 aromatic heterocycles. The third kappa shape index (κ3) is 3.20. The molecule has 0 saturated heterocycles. The number of pyridine rings is 2. The Morgan fingerprint density at radius 3 is 2.21 bits per heavy atom. The number of ether oxygens (including phenoxy) is 1. The van der Waals surface area contributed by atoms with Crippen molar-refractivity contribution >= 4 is 27.1 Å². The largest absolute Gasteiger partial charge is 1.00 e. The second-order valence-electron chi connectivity index (χ2n) is 7.45. The van der Waals surface area contributed by atoms with E-state index in [1.807, 2.05) is 6.07 Å². The number of methoxy groups -OCH3 is 1. The van der Waals surface area contributed by atoms with Crippen LogP contribution in [0, 0.1) is 13.8 Å². The summed E-state index contributed by atoms with van der Waals surface area (Å²) in [5.74, 6) is 0.898. The first-order valence-corrected chi connectivity index (χ1v) is 9.56. The van der Waals surface area contributed by atoms with Crippen molar-refractivity contribution in [3.63, 3.8) is 0 Å². The predicted octanol–water partition coefficient (Wildman–Crippen LogP) is 3.03. The summed E-state index contributed by atoms with van der Waals surface area (Å²) in [6.45, 7) is 4.34. The van der Waals surface area contributed by atoms with Gasteiger partial charge in [-0.1, -0.05) is 36.4 Å². The molecular formula is C26H22ClNO. The van der Waals surface area contributed by atoms with Gasteiger partial charge in [0, 0.05) is 23.1 Å². The maximum atomic E-state index is 5.71. The molecule has 0 aliphatic carbocycles.